The normalized spacial score (nSPS) is 12.5. The number of rotatable bonds is 10. The third-order valence-electron chi connectivity index (χ3n) is 6.29. The lowest BCUT2D eigenvalue weighted by molar-refractivity contribution is -0.118. The molecule has 2 heterocycles. The number of imide groups is 1. The summed E-state index contributed by atoms with van der Waals surface area (Å²) in [5, 5.41) is 12.0. The van der Waals surface area contributed by atoms with E-state index in [1.807, 2.05) is 28.8 Å². The second kappa shape index (κ2) is 12.0. The van der Waals surface area contributed by atoms with Crippen LogP contribution < -0.4 is 10.2 Å². The number of aryl methyl sites for hydroxylation is 1. The van der Waals surface area contributed by atoms with Gasteiger partial charge in [-0.15, -0.1) is 10.2 Å². The maximum atomic E-state index is 13.2. The molecule has 1 N–H and O–H groups in total. The molecule has 1 aliphatic heterocycles. The van der Waals surface area contributed by atoms with E-state index in [-0.39, 0.29) is 17.4 Å². The van der Waals surface area contributed by atoms with E-state index in [2.05, 4.69) is 31.4 Å². The molecule has 0 bridgehead atoms. The fraction of sp³-hybridized carbons (Fsp3) is 0.172. The maximum Gasteiger partial charge on any atom is 0.266 e. The number of nitrogens with one attached hydrogen (secondary N) is 1. The SMILES string of the molecule is CC(=O)NCCCc1nnc(SCC(=O)c2cccc(N3C(=O)c4ccccc4C3=O)c2)n1-c1ccc(Br)cc1. The van der Waals surface area contributed by atoms with E-state index >= 15 is 0 Å². The molecule has 0 aliphatic carbocycles. The first kappa shape index (κ1) is 27.5. The summed E-state index contributed by atoms with van der Waals surface area (Å²) < 4.78 is 2.84. The smallest absolute Gasteiger partial charge is 0.266 e. The Balaban J connectivity index is 1.33. The summed E-state index contributed by atoms with van der Waals surface area (Å²) in [7, 11) is 0. The first-order valence-electron chi connectivity index (χ1n) is 12.5. The number of ketones is 1. The third kappa shape index (κ3) is 5.75. The Labute approximate surface area is 243 Å². The molecule has 1 aliphatic rings. The summed E-state index contributed by atoms with van der Waals surface area (Å²) in [6, 6.07) is 20.9. The highest BCUT2D eigenvalue weighted by atomic mass is 79.9. The topological polar surface area (TPSA) is 114 Å². The molecular formula is C29H24BrN5O4S. The molecule has 0 fully saturated rings. The number of carbonyl (C=O) groups excluding carboxylic acids is 4. The predicted octanol–water partition coefficient (Wildman–Crippen LogP) is 4.87. The highest BCUT2D eigenvalue weighted by Gasteiger charge is 2.36. The zero-order chi connectivity index (χ0) is 28.2. The molecule has 3 amide bonds. The minimum absolute atomic E-state index is 0.0755. The molecule has 40 heavy (non-hydrogen) atoms. The Morgan fingerprint density at radius 3 is 2.27 bits per heavy atom. The number of Topliss-reactive ketones (excluding diaryl/α,β-unsaturated/α-hetero) is 1. The number of aromatic nitrogens is 3. The standard InChI is InChI=1S/C29H24BrN5O4S/c1-18(36)31-15-5-10-26-32-33-29(34(26)21-13-11-20(30)12-14-21)40-17-25(37)19-6-4-7-22(16-19)35-27(38)23-8-2-3-9-24(23)28(35)39/h2-4,6-9,11-14,16H,5,10,15,17H2,1H3,(H,31,36). The lowest BCUT2D eigenvalue weighted by atomic mass is 10.1. The van der Waals surface area contributed by atoms with Crippen LogP contribution in [0.3, 0.4) is 0 Å². The van der Waals surface area contributed by atoms with Crippen molar-refractivity contribution >= 4 is 56.9 Å². The summed E-state index contributed by atoms with van der Waals surface area (Å²) in [5.74, 6) is -0.291. The fourth-order valence-corrected chi connectivity index (χ4v) is 5.50. The molecule has 0 spiro atoms. The largest absolute Gasteiger partial charge is 0.356 e. The molecule has 0 saturated heterocycles. The highest BCUT2D eigenvalue weighted by molar-refractivity contribution is 9.10. The van der Waals surface area contributed by atoms with Gasteiger partial charge in [0.1, 0.15) is 5.82 Å². The van der Waals surface area contributed by atoms with Crippen molar-refractivity contribution in [2.24, 2.45) is 0 Å². The molecule has 0 saturated carbocycles. The van der Waals surface area contributed by atoms with Crippen molar-refractivity contribution in [3.8, 4) is 5.69 Å². The van der Waals surface area contributed by atoms with E-state index in [4.69, 9.17) is 0 Å². The summed E-state index contributed by atoms with van der Waals surface area (Å²) in [4.78, 5) is 51.3. The van der Waals surface area contributed by atoms with Crippen LogP contribution in [0.25, 0.3) is 5.69 Å². The van der Waals surface area contributed by atoms with Crippen LogP contribution in [0, 0.1) is 0 Å². The van der Waals surface area contributed by atoms with Gasteiger partial charge in [0.25, 0.3) is 11.8 Å². The summed E-state index contributed by atoms with van der Waals surface area (Å²) in [6.45, 7) is 2.00. The molecule has 0 atom stereocenters. The van der Waals surface area contributed by atoms with Crippen LogP contribution in [0.5, 0.6) is 0 Å². The van der Waals surface area contributed by atoms with Crippen molar-refractivity contribution in [3.05, 3.63) is 99.8 Å². The predicted molar refractivity (Wildman–Crippen MR) is 155 cm³/mol. The molecule has 5 rings (SSSR count). The number of benzene rings is 3. The van der Waals surface area contributed by atoms with Gasteiger partial charge in [-0.2, -0.15) is 0 Å². The van der Waals surface area contributed by atoms with Crippen molar-refractivity contribution in [2.75, 3.05) is 17.2 Å². The van der Waals surface area contributed by atoms with Gasteiger partial charge in [0.15, 0.2) is 10.9 Å². The second-order valence-electron chi connectivity index (χ2n) is 9.05. The molecule has 9 nitrogen and oxygen atoms in total. The number of hydrogen-bond donors (Lipinski definition) is 1. The van der Waals surface area contributed by atoms with Crippen LogP contribution in [-0.2, 0) is 11.2 Å². The van der Waals surface area contributed by atoms with Crippen molar-refractivity contribution in [1.29, 1.82) is 0 Å². The fourth-order valence-electron chi connectivity index (χ4n) is 4.37. The van der Waals surface area contributed by atoms with Gasteiger partial charge in [0.05, 0.1) is 22.6 Å². The molecule has 3 aromatic carbocycles. The van der Waals surface area contributed by atoms with Gasteiger partial charge in [-0.25, -0.2) is 4.90 Å². The summed E-state index contributed by atoms with van der Waals surface area (Å²) in [5.41, 5.74) is 2.28. The summed E-state index contributed by atoms with van der Waals surface area (Å²) >= 11 is 4.71. The molecule has 0 unspecified atom stereocenters. The highest BCUT2D eigenvalue weighted by Crippen LogP contribution is 2.30. The molecule has 202 valence electrons. The van der Waals surface area contributed by atoms with E-state index in [1.54, 1.807) is 48.5 Å². The minimum Gasteiger partial charge on any atom is -0.356 e. The lowest BCUT2D eigenvalue weighted by Crippen LogP contribution is -2.29. The van der Waals surface area contributed by atoms with Crippen LogP contribution in [0.2, 0.25) is 0 Å². The molecule has 11 heteroatoms. The van der Waals surface area contributed by atoms with Crippen LogP contribution in [0.4, 0.5) is 5.69 Å². The van der Waals surface area contributed by atoms with Crippen LogP contribution in [0.15, 0.2) is 82.4 Å². The van der Waals surface area contributed by atoms with Gasteiger partial charge in [-0.1, -0.05) is 52.0 Å². The van der Waals surface area contributed by atoms with E-state index in [9.17, 15) is 19.2 Å². The van der Waals surface area contributed by atoms with Gasteiger partial charge in [0.2, 0.25) is 5.91 Å². The Morgan fingerprint density at radius 1 is 0.900 bits per heavy atom. The Hall–Kier alpha value is -4.09. The second-order valence-corrected chi connectivity index (χ2v) is 10.9. The van der Waals surface area contributed by atoms with Gasteiger partial charge >= 0.3 is 0 Å². The van der Waals surface area contributed by atoms with E-state index in [0.717, 1.165) is 20.9 Å². The first-order chi connectivity index (χ1) is 19.3. The van der Waals surface area contributed by atoms with E-state index in [1.165, 1.54) is 18.7 Å². The van der Waals surface area contributed by atoms with Crippen LogP contribution >= 0.6 is 27.7 Å². The van der Waals surface area contributed by atoms with Gasteiger partial charge in [-0.05, 0) is 55.0 Å². The molecular weight excluding hydrogens is 594 g/mol. The Morgan fingerprint density at radius 2 is 1.60 bits per heavy atom. The van der Waals surface area contributed by atoms with Crippen molar-refractivity contribution < 1.29 is 19.2 Å². The molecule has 0 radical (unpaired) electrons. The average Bonchev–Trinajstić information content (AvgIpc) is 3.48. The number of carbonyl (C=O) groups is 4. The van der Waals surface area contributed by atoms with Crippen LogP contribution in [-0.4, -0.2) is 50.6 Å². The number of fused-ring (bicyclic) bond motifs is 1. The van der Waals surface area contributed by atoms with E-state index < -0.39 is 11.8 Å². The quantitative estimate of drug-likeness (QED) is 0.117. The summed E-state index contributed by atoms with van der Waals surface area (Å²) in [6.07, 6.45) is 1.27. The third-order valence-corrected chi connectivity index (χ3v) is 7.75. The number of nitrogens with zero attached hydrogens (tertiary/aromatic N) is 4. The molecule has 1 aromatic heterocycles. The minimum atomic E-state index is -0.409. The maximum absolute atomic E-state index is 13.2. The zero-order valence-electron chi connectivity index (χ0n) is 21.5. The van der Waals surface area contributed by atoms with Crippen molar-refractivity contribution in [1.82, 2.24) is 20.1 Å². The Kier molecular flexibility index (Phi) is 8.22. The monoisotopic (exact) mass is 617 g/mol. The molecule has 4 aromatic rings. The average molecular weight is 619 g/mol. The van der Waals surface area contributed by atoms with Crippen molar-refractivity contribution in [2.45, 2.75) is 24.9 Å². The number of anilines is 1. The van der Waals surface area contributed by atoms with Gasteiger partial charge in [-0.3, -0.25) is 23.7 Å². The van der Waals surface area contributed by atoms with Gasteiger partial charge in [0, 0.05) is 35.6 Å². The lowest BCUT2D eigenvalue weighted by Gasteiger charge is -2.15. The number of amides is 3. The first-order valence-corrected chi connectivity index (χ1v) is 14.3. The van der Waals surface area contributed by atoms with Gasteiger partial charge < -0.3 is 5.32 Å². The number of hydrogen-bond acceptors (Lipinski definition) is 7. The van der Waals surface area contributed by atoms with Crippen LogP contribution in [0.1, 0.15) is 50.2 Å². The van der Waals surface area contributed by atoms with E-state index in [0.29, 0.717) is 46.9 Å². The Bertz CT molecular complexity index is 1580. The number of thioether (sulfide) groups is 1. The number of halogens is 1. The van der Waals surface area contributed by atoms with Crippen molar-refractivity contribution in [3.63, 3.8) is 0 Å². The zero-order valence-corrected chi connectivity index (χ0v) is 23.9.